The van der Waals surface area contributed by atoms with Crippen LogP contribution in [0.4, 0.5) is 14.6 Å². The predicted molar refractivity (Wildman–Crippen MR) is 132 cm³/mol. The largest absolute Gasteiger partial charge is 0.349 e. The molecule has 3 aromatic heterocycles. The fourth-order valence-corrected chi connectivity index (χ4v) is 5.43. The Morgan fingerprint density at radius 2 is 1.86 bits per heavy atom. The monoisotopic (exact) mass is 490 g/mol. The van der Waals surface area contributed by atoms with E-state index in [1.807, 2.05) is 13.0 Å². The van der Waals surface area contributed by atoms with Crippen molar-refractivity contribution in [3.8, 4) is 6.07 Å². The first-order chi connectivity index (χ1) is 17.5. The molecule has 4 aromatic rings. The molecule has 3 atom stereocenters. The Morgan fingerprint density at radius 1 is 1.06 bits per heavy atom. The molecule has 0 radical (unpaired) electrons. The first-order valence-electron chi connectivity index (χ1n) is 12.4. The lowest BCUT2D eigenvalue weighted by Gasteiger charge is -2.49. The summed E-state index contributed by atoms with van der Waals surface area (Å²) in [4.78, 5) is 14.0. The molecule has 0 spiro atoms. The zero-order chi connectivity index (χ0) is 25.4. The van der Waals surface area contributed by atoms with Crippen LogP contribution >= 0.6 is 0 Å². The Hall–Kier alpha value is -3.71. The van der Waals surface area contributed by atoms with Gasteiger partial charge < -0.3 is 4.90 Å². The number of nitrogens with zero attached hydrogens (tertiary/aromatic N) is 8. The summed E-state index contributed by atoms with van der Waals surface area (Å²) < 4.78 is 30.2. The molecule has 186 valence electrons. The average molecular weight is 491 g/mol. The second-order valence-electron chi connectivity index (χ2n) is 9.18. The lowest BCUT2D eigenvalue weighted by atomic mass is 9.94. The van der Waals surface area contributed by atoms with Crippen LogP contribution in [-0.4, -0.2) is 54.6 Å². The molecule has 8 nitrogen and oxygen atoms in total. The number of nitriles is 1. The van der Waals surface area contributed by atoms with Gasteiger partial charge in [-0.3, -0.25) is 9.30 Å². The number of hydrogen-bond acceptors (Lipinski definition) is 7. The van der Waals surface area contributed by atoms with Gasteiger partial charge in [-0.15, -0.1) is 10.2 Å². The Kier molecular flexibility index (Phi) is 6.49. The minimum Gasteiger partial charge on any atom is -0.349 e. The van der Waals surface area contributed by atoms with E-state index in [2.05, 4.69) is 44.9 Å². The van der Waals surface area contributed by atoms with Gasteiger partial charge in [0, 0.05) is 42.8 Å². The van der Waals surface area contributed by atoms with E-state index < -0.39 is 11.6 Å². The van der Waals surface area contributed by atoms with Crippen LogP contribution in [-0.2, 0) is 0 Å². The molecule has 1 saturated heterocycles. The van der Waals surface area contributed by atoms with E-state index in [9.17, 15) is 14.0 Å². The molecule has 10 heteroatoms. The minimum absolute atomic E-state index is 0.0685. The molecule has 36 heavy (non-hydrogen) atoms. The van der Waals surface area contributed by atoms with Crippen LogP contribution in [0.25, 0.3) is 16.8 Å². The molecular weight excluding hydrogens is 462 g/mol. The molecular formula is C26H28F2N8. The molecule has 1 aliphatic rings. The van der Waals surface area contributed by atoms with Gasteiger partial charge in [-0.1, -0.05) is 26.8 Å². The molecule has 1 fully saturated rings. The maximum absolute atomic E-state index is 14.8. The molecule has 0 aliphatic carbocycles. The minimum atomic E-state index is -0.569. The fraction of sp³-hybridized carbons (Fsp3) is 0.423. The van der Waals surface area contributed by atoms with Crippen molar-refractivity contribution in [3.05, 3.63) is 59.6 Å². The van der Waals surface area contributed by atoms with Gasteiger partial charge in [-0.05, 0) is 37.5 Å². The number of rotatable bonds is 6. The summed E-state index contributed by atoms with van der Waals surface area (Å²) in [6, 6.07) is 9.53. The first-order valence-corrected chi connectivity index (χ1v) is 12.4. The van der Waals surface area contributed by atoms with E-state index in [1.54, 1.807) is 22.9 Å². The highest BCUT2D eigenvalue weighted by Crippen LogP contribution is 2.36. The number of hydrogen-bond donors (Lipinski definition) is 0. The van der Waals surface area contributed by atoms with Gasteiger partial charge in [-0.2, -0.15) is 10.2 Å². The lowest BCUT2D eigenvalue weighted by molar-refractivity contribution is 0.0876. The van der Waals surface area contributed by atoms with Gasteiger partial charge in [0.25, 0.3) is 5.78 Å². The molecule has 0 N–H and O–H groups in total. The molecule has 1 aliphatic heterocycles. The summed E-state index contributed by atoms with van der Waals surface area (Å²) >= 11 is 0. The van der Waals surface area contributed by atoms with Crippen molar-refractivity contribution in [1.29, 1.82) is 5.26 Å². The summed E-state index contributed by atoms with van der Waals surface area (Å²) in [7, 11) is 0. The summed E-state index contributed by atoms with van der Waals surface area (Å²) in [5.41, 5.74) is 2.24. The second-order valence-corrected chi connectivity index (χ2v) is 9.18. The Balaban J connectivity index is 1.58. The number of anilines is 1. The SMILES string of the molecule is CC[C@H]1CN([C@H](CC)c2ccc(F)cc2F)[C@H](CC)CN1c1nc2nncn2c2ccc(C#N)nc12. The highest BCUT2D eigenvalue weighted by atomic mass is 19.1. The smallest absolute Gasteiger partial charge is 0.257 e. The maximum atomic E-state index is 14.8. The average Bonchev–Trinajstić information content (AvgIpc) is 3.38. The third-order valence-corrected chi connectivity index (χ3v) is 7.26. The van der Waals surface area contributed by atoms with E-state index in [0.29, 0.717) is 47.9 Å². The second kappa shape index (κ2) is 9.74. The highest BCUT2D eigenvalue weighted by Gasteiger charge is 2.38. The van der Waals surface area contributed by atoms with E-state index in [4.69, 9.17) is 4.98 Å². The van der Waals surface area contributed by atoms with Crippen LogP contribution < -0.4 is 4.90 Å². The fourth-order valence-electron chi connectivity index (χ4n) is 5.43. The summed E-state index contributed by atoms with van der Waals surface area (Å²) in [6.45, 7) is 7.61. The van der Waals surface area contributed by atoms with Crippen LogP contribution in [0.1, 0.15) is 57.3 Å². The van der Waals surface area contributed by atoms with Gasteiger partial charge in [0.15, 0.2) is 5.82 Å². The van der Waals surface area contributed by atoms with Crippen molar-refractivity contribution in [2.75, 3.05) is 18.0 Å². The predicted octanol–water partition coefficient (Wildman–Crippen LogP) is 4.65. The number of fused-ring (bicyclic) bond motifs is 3. The van der Waals surface area contributed by atoms with Gasteiger partial charge >= 0.3 is 0 Å². The van der Waals surface area contributed by atoms with Gasteiger partial charge in [0.05, 0.1) is 5.52 Å². The summed E-state index contributed by atoms with van der Waals surface area (Å²) in [5, 5.41) is 17.7. The zero-order valence-electron chi connectivity index (χ0n) is 20.6. The molecule has 4 heterocycles. The third kappa shape index (κ3) is 4.03. The molecule has 0 saturated carbocycles. The van der Waals surface area contributed by atoms with Crippen molar-refractivity contribution < 1.29 is 8.78 Å². The number of pyridine rings is 1. The van der Waals surface area contributed by atoms with Gasteiger partial charge in [0.1, 0.15) is 35.2 Å². The van der Waals surface area contributed by atoms with Crippen molar-refractivity contribution in [2.24, 2.45) is 0 Å². The first kappa shape index (κ1) is 24.0. The molecule has 1 aromatic carbocycles. The van der Waals surface area contributed by atoms with E-state index in [1.165, 1.54) is 6.07 Å². The van der Waals surface area contributed by atoms with E-state index >= 15 is 0 Å². The van der Waals surface area contributed by atoms with E-state index in [-0.39, 0.29) is 18.1 Å². The van der Waals surface area contributed by atoms with Crippen LogP contribution in [0.3, 0.4) is 0 Å². The number of halogens is 2. The van der Waals surface area contributed by atoms with Crippen LogP contribution in [0.5, 0.6) is 0 Å². The lowest BCUT2D eigenvalue weighted by Crippen LogP contribution is -2.59. The number of piperazine rings is 1. The van der Waals surface area contributed by atoms with Crippen LogP contribution in [0.15, 0.2) is 36.7 Å². The van der Waals surface area contributed by atoms with Crippen molar-refractivity contribution in [3.63, 3.8) is 0 Å². The molecule has 0 unspecified atom stereocenters. The van der Waals surface area contributed by atoms with Crippen molar-refractivity contribution in [2.45, 2.75) is 58.2 Å². The number of benzene rings is 1. The van der Waals surface area contributed by atoms with Gasteiger partial charge in [0.2, 0.25) is 0 Å². The summed E-state index contributed by atoms with van der Waals surface area (Å²) in [5.74, 6) is 0.0634. The maximum Gasteiger partial charge on any atom is 0.257 e. The normalized spacial score (nSPS) is 19.6. The highest BCUT2D eigenvalue weighted by molar-refractivity contribution is 5.88. The van der Waals surface area contributed by atoms with Crippen molar-refractivity contribution >= 4 is 22.6 Å². The van der Waals surface area contributed by atoms with Crippen LogP contribution in [0, 0.1) is 23.0 Å². The third-order valence-electron chi connectivity index (χ3n) is 7.26. The Bertz CT molecular complexity index is 1450. The standard InChI is InChI=1S/C26H28F2N8/c1-4-18-14-35(19(5-2)13-34(18)22(6-3)20-9-7-16(27)11-21(20)28)25-24-23(10-8-17(12-29)31-24)36-15-30-33-26(36)32-25/h7-11,15,18-19,22H,4-6,13-14H2,1-3H3/t18-,19+,22-/m1/s1. The molecule has 0 bridgehead atoms. The summed E-state index contributed by atoms with van der Waals surface area (Å²) in [6.07, 6.45) is 3.97. The van der Waals surface area contributed by atoms with Gasteiger partial charge in [-0.25, -0.2) is 13.8 Å². The van der Waals surface area contributed by atoms with E-state index in [0.717, 1.165) is 24.4 Å². The topological polar surface area (TPSA) is 86.2 Å². The quantitative estimate of drug-likeness (QED) is 0.389. The Morgan fingerprint density at radius 3 is 2.56 bits per heavy atom. The van der Waals surface area contributed by atoms with Crippen LogP contribution in [0.2, 0.25) is 0 Å². The van der Waals surface area contributed by atoms with Crippen molar-refractivity contribution in [1.82, 2.24) is 29.5 Å². The molecule has 5 rings (SSSR count). The zero-order valence-corrected chi connectivity index (χ0v) is 20.6. The number of aromatic nitrogens is 5. The molecule has 0 amide bonds. The Labute approximate surface area is 208 Å².